The number of nitrogens with two attached hydrogens (primary N) is 1. The van der Waals surface area contributed by atoms with Gasteiger partial charge in [0, 0.05) is 31.6 Å². The number of benzene rings is 2. The van der Waals surface area contributed by atoms with Gasteiger partial charge in [0.05, 0.1) is 5.02 Å². The first-order chi connectivity index (χ1) is 12.1. The Morgan fingerprint density at radius 3 is 2.56 bits per heavy atom. The van der Waals surface area contributed by atoms with Gasteiger partial charge in [-0.15, -0.1) is 0 Å². The van der Waals surface area contributed by atoms with Crippen LogP contribution in [0.25, 0.3) is 0 Å². The van der Waals surface area contributed by atoms with Gasteiger partial charge in [0.25, 0.3) is 0 Å². The number of nitrogen functional groups attached to an aromatic ring is 1. The number of nitrogens with zero attached hydrogens (tertiary/aromatic N) is 1. The summed E-state index contributed by atoms with van der Waals surface area (Å²) in [6.07, 6.45) is 1.22. The van der Waals surface area contributed by atoms with Crippen LogP contribution in [0.1, 0.15) is 18.4 Å². The Bertz CT molecular complexity index is 716. The molecule has 1 saturated heterocycles. The maximum Gasteiger partial charge on any atom is 0.410 e. The van der Waals surface area contributed by atoms with Crippen LogP contribution in [-0.2, 0) is 11.3 Å². The van der Waals surface area contributed by atoms with E-state index in [0.29, 0.717) is 29.5 Å². The van der Waals surface area contributed by atoms with E-state index < -0.39 is 0 Å². The molecule has 0 atom stereocenters. The van der Waals surface area contributed by atoms with Crippen molar-refractivity contribution in [3.8, 4) is 5.75 Å². The summed E-state index contributed by atoms with van der Waals surface area (Å²) in [5.41, 5.74) is 7.27. The number of anilines is 1. The molecular weight excluding hydrogens is 340 g/mol. The topological polar surface area (TPSA) is 64.8 Å². The molecule has 0 aromatic heterocycles. The lowest BCUT2D eigenvalue weighted by atomic mass is 10.1. The van der Waals surface area contributed by atoms with E-state index in [0.717, 1.165) is 18.4 Å². The molecule has 2 N–H and O–H groups in total. The zero-order valence-corrected chi connectivity index (χ0v) is 14.6. The minimum atomic E-state index is -0.284. The Hall–Kier alpha value is -2.40. The normalized spacial score (nSPS) is 15.0. The van der Waals surface area contributed by atoms with Gasteiger partial charge in [-0.3, -0.25) is 0 Å². The third kappa shape index (κ3) is 4.79. The molecule has 0 saturated carbocycles. The van der Waals surface area contributed by atoms with Crippen LogP contribution in [0.15, 0.2) is 48.5 Å². The van der Waals surface area contributed by atoms with Crippen molar-refractivity contribution < 1.29 is 14.3 Å². The summed E-state index contributed by atoms with van der Waals surface area (Å²) in [4.78, 5) is 13.9. The quantitative estimate of drug-likeness (QED) is 0.833. The first-order valence-corrected chi connectivity index (χ1v) is 8.67. The lowest BCUT2D eigenvalue weighted by Crippen LogP contribution is -2.42. The highest BCUT2D eigenvalue weighted by molar-refractivity contribution is 6.32. The molecule has 0 bridgehead atoms. The van der Waals surface area contributed by atoms with Gasteiger partial charge in [0.1, 0.15) is 18.5 Å². The molecule has 1 aliphatic rings. The van der Waals surface area contributed by atoms with Gasteiger partial charge < -0.3 is 20.1 Å². The fourth-order valence-corrected chi connectivity index (χ4v) is 2.99. The monoisotopic (exact) mass is 360 g/mol. The molecule has 1 aliphatic heterocycles. The number of likely N-dealkylation sites (tertiary alicyclic amines) is 1. The fraction of sp³-hybridized carbons (Fsp3) is 0.316. The summed E-state index contributed by atoms with van der Waals surface area (Å²) >= 11 is 6.14. The number of carbonyl (C=O) groups is 1. The Morgan fingerprint density at radius 2 is 1.88 bits per heavy atom. The van der Waals surface area contributed by atoms with Crippen molar-refractivity contribution in [2.24, 2.45) is 0 Å². The zero-order chi connectivity index (χ0) is 17.6. The third-order valence-electron chi connectivity index (χ3n) is 4.15. The second kappa shape index (κ2) is 8.12. The SMILES string of the molecule is Nc1ccc(OC2CCN(C(=O)OCc3ccccc3)CC2)c(Cl)c1. The van der Waals surface area contributed by atoms with Gasteiger partial charge in [-0.1, -0.05) is 41.9 Å². The Labute approximate surface area is 152 Å². The summed E-state index contributed by atoms with van der Waals surface area (Å²) in [5.74, 6) is 0.626. The molecule has 1 fully saturated rings. The zero-order valence-electron chi connectivity index (χ0n) is 13.9. The Morgan fingerprint density at radius 1 is 1.16 bits per heavy atom. The maximum atomic E-state index is 12.2. The van der Waals surface area contributed by atoms with E-state index in [1.807, 2.05) is 30.3 Å². The molecule has 25 heavy (non-hydrogen) atoms. The standard InChI is InChI=1S/C19H21ClN2O3/c20-17-12-15(21)6-7-18(17)25-16-8-10-22(11-9-16)19(23)24-13-14-4-2-1-3-5-14/h1-7,12,16H,8-11,13,21H2. The number of ether oxygens (including phenoxy) is 2. The van der Waals surface area contributed by atoms with E-state index in [1.54, 1.807) is 23.1 Å². The van der Waals surface area contributed by atoms with Crippen LogP contribution in [0.5, 0.6) is 5.75 Å². The molecule has 2 aromatic carbocycles. The molecule has 6 heteroatoms. The second-order valence-corrected chi connectivity index (χ2v) is 6.44. The molecule has 2 aromatic rings. The number of rotatable bonds is 4. The van der Waals surface area contributed by atoms with Crippen LogP contribution in [0.4, 0.5) is 10.5 Å². The number of amides is 1. The van der Waals surface area contributed by atoms with Crippen molar-refractivity contribution in [3.63, 3.8) is 0 Å². The van der Waals surface area contributed by atoms with Crippen LogP contribution in [0, 0.1) is 0 Å². The molecule has 0 aliphatic carbocycles. The molecule has 5 nitrogen and oxygen atoms in total. The van der Waals surface area contributed by atoms with Crippen LogP contribution in [0.2, 0.25) is 5.02 Å². The predicted molar refractivity (Wildman–Crippen MR) is 97.7 cm³/mol. The summed E-state index contributed by atoms with van der Waals surface area (Å²) in [7, 11) is 0. The van der Waals surface area contributed by atoms with Crippen molar-refractivity contribution in [3.05, 3.63) is 59.1 Å². The average Bonchev–Trinajstić information content (AvgIpc) is 2.63. The van der Waals surface area contributed by atoms with E-state index in [4.69, 9.17) is 26.8 Å². The van der Waals surface area contributed by atoms with Gasteiger partial charge in [-0.25, -0.2) is 4.79 Å². The lowest BCUT2D eigenvalue weighted by Gasteiger charge is -2.31. The molecule has 132 valence electrons. The molecule has 3 rings (SSSR count). The molecule has 0 spiro atoms. The maximum absolute atomic E-state index is 12.2. The Kier molecular flexibility index (Phi) is 5.66. The number of carbonyl (C=O) groups excluding carboxylic acids is 1. The molecule has 1 heterocycles. The van der Waals surface area contributed by atoms with Gasteiger partial charge in [-0.2, -0.15) is 0 Å². The van der Waals surface area contributed by atoms with Crippen LogP contribution < -0.4 is 10.5 Å². The summed E-state index contributed by atoms with van der Waals surface area (Å²) in [6.45, 7) is 1.49. The summed E-state index contributed by atoms with van der Waals surface area (Å²) < 4.78 is 11.3. The van der Waals surface area contributed by atoms with Gasteiger partial charge >= 0.3 is 6.09 Å². The van der Waals surface area contributed by atoms with Crippen LogP contribution in [-0.4, -0.2) is 30.2 Å². The predicted octanol–water partition coefficient (Wildman–Crippen LogP) is 4.10. The van der Waals surface area contributed by atoms with Crippen molar-refractivity contribution in [1.29, 1.82) is 0 Å². The van der Waals surface area contributed by atoms with Crippen molar-refractivity contribution in [2.75, 3.05) is 18.8 Å². The molecule has 0 unspecified atom stereocenters. The number of halogens is 1. The third-order valence-corrected chi connectivity index (χ3v) is 4.45. The van der Waals surface area contributed by atoms with E-state index >= 15 is 0 Å². The van der Waals surface area contributed by atoms with E-state index in [1.165, 1.54) is 0 Å². The highest BCUT2D eigenvalue weighted by atomic mass is 35.5. The average molecular weight is 361 g/mol. The molecular formula is C19H21ClN2O3. The minimum absolute atomic E-state index is 0.0271. The second-order valence-electron chi connectivity index (χ2n) is 6.03. The smallest absolute Gasteiger partial charge is 0.410 e. The summed E-state index contributed by atoms with van der Waals surface area (Å²) in [6, 6.07) is 14.9. The molecule has 0 radical (unpaired) electrons. The fourth-order valence-electron chi connectivity index (χ4n) is 2.76. The minimum Gasteiger partial charge on any atom is -0.489 e. The first kappa shape index (κ1) is 17.4. The van der Waals surface area contributed by atoms with Crippen molar-refractivity contribution >= 4 is 23.4 Å². The lowest BCUT2D eigenvalue weighted by molar-refractivity contribution is 0.0638. The Balaban J connectivity index is 1.45. The number of piperidine rings is 1. The number of hydrogen-bond donors (Lipinski definition) is 1. The number of hydrogen-bond acceptors (Lipinski definition) is 4. The molecule has 1 amide bonds. The van der Waals surface area contributed by atoms with Gasteiger partial charge in [0.2, 0.25) is 0 Å². The van der Waals surface area contributed by atoms with Crippen LogP contribution in [0.3, 0.4) is 0 Å². The highest BCUT2D eigenvalue weighted by Crippen LogP contribution is 2.29. The van der Waals surface area contributed by atoms with Gasteiger partial charge in [-0.05, 0) is 23.8 Å². The highest BCUT2D eigenvalue weighted by Gasteiger charge is 2.25. The van der Waals surface area contributed by atoms with E-state index in [9.17, 15) is 4.79 Å². The van der Waals surface area contributed by atoms with E-state index in [2.05, 4.69) is 0 Å². The van der Waals surface area contributed by atoms with Crippen LogP contribution >= 0.6 is 11.6 Å². The van der Waals surface area contributed by atoms with Crippen molar-refractivity contribution in [1.82, 2.24) is 4.90 Å². The first-order valence-electron chi connectivity index (χ1n) is 8.29. The largest absolute Gasteiger partial charge is 0.489 e. The summed E-state index contributed by atoms with van der Waals surface area (Å²) in [5, 5.41) is 0.504. The van der Waals surface area contributed by atoms with Gasteiger partial charge in [0.15, 0.2) is 0 Å². The van der Waals surface area contributed by atoms with Crippen molar-refractivity contribution in [2.45, 2.75) is 25.6 Å². The van der Waals surface area contributed by atoms with E-state index in [-0.39, 0.29) is 18.8 Å².